The molecule has 0 aromatic heterocycles. The van der Waals surface area contributed by atoms with E-state index in [-0.39, 0.29) is 80.6 Å². The van der Waals surface area contributed by atoms with Crippen LogP contribution in [-0.2, 0) is 63.8 Å². The van der Waals surface area contributed by atoms with Gasteiger partial charge in [-0.1, -0.05) is 54.6 Å². The lowest BCUT2D eigenvalue weighted by Gasteiger charge is -2.37. The predicted molar refractivity (Wildman–Crippen MR) is 306 cm³/mol. The van der Waals surface area contributed by atoms with Crippen LogP contribution in [0.25, 0.3) is 0 Å². The third-order valence-electron chi connectivity index (χ3n) is 15.4. The molecular formula is C62H81FN6O15. The summed E-state index contributed by atoms with van der Waals surface area (Å²) in [7, 11) is 7.09. The van der Waals surface area contributed by atoms with Crippen molar-refractivity contribution in [2.45, 2.75) is 135 Å². The van der Waals surface area contributed by atoms with E-state index < -0.39 is 114 Å². The van der Waals surface area contributed by atoms with Crippen LogP contribution in [-0.4, -0.2) is 182 Å². The first-order valence-electron chi connectivity index (χ1n) is 28.4. The molecule has 2 fully saturated rings. The summed E-state index contributed by atoms with van der Waals surface area (Å²) in [6, 6.07) is 12.0. The van der Waals surface area contributed by atoms with Gasteiger partial charge in [0.25, 0.3) is 11.8 Å². The number of ketones is 1. The van der Waals surface area contributed by atoms with Crippen LogP contribution in [0.4, 0.5) is 4.39 Å². The van der Waals surface area contributed by atoms with Gasteiger partial charge < -0.3 is 58.2 Å². The molecule has 1 unspecified atom stereocenters. The van der Waals surface area contributed by atoms with Crippen molar-refractivity contribution in [1.29, 1.82) is 0 Å². The molecule has 3 aliphatic heterocycles. The number of carbonyl (C=O) groups is 9. The minimum Gasteiger partial charge on any atom is -0.493 e. The van der Waals surface area contributed by atoms with Crippen LogP contribution in [0.3, 0.4) is 0 Å². The average molecular weight is 1170 g/mol. The molecule has 3 aliphatic rings. The Morgan fingerprint density at radius 3 is 2.13 bits per heavy atom. The Morgan fingerprint density at radius 2 is 1.44 bits per heavy atom. The molecule has 3 aromatic carbocycles. The topological polar surface area (TPSA) is 237 Å². The minimum atomic E-state index is -1.53. The predicted octanol–water partition coefficient (Wildman–Crippen LogP) is 5.71. The lowest BCUT2D eigenvalue weighted by atomic mass is 9.87. The number of ether oxygens (including phenoxy) is 6. The van der Waals surface area contributed by atoms with Crippen LogP contribution >= 0.6 is 0 Å². The zero-order valence-electron chi connectivity index (χ0n) is 50.1. The Kier molecular flexibility index (Phi) is 22.6. The van der Waals surface area contributed by atoms with Crippen LogP contribution in [0.2, 0.25) is 0 Å². The number of hydrogen-bond donors (Lipinski definition) is 1. The van der Waals surface area contributed by atoms with Crippen molar-refractivity contribution in [3.8, 4) is 17.2 Å². The molecule has 3 heterocycles. The van der Waals surface area contributed by atoms with E-state index in [0.29, 0.717) is 36.8 Å². The minimum absolute atomic E-state index is 0.00000335. The number of Topliss-reactive ketones (excluding diaryl/α,β-unsaturated/α-hetero) is 1. The number of halogens is 1. The molecule has 1 N–H and O–H groups in total. The number of amides is 6. The SMILES string of the molecule is COc1ccc(CC[C@H]2OC(=O)[C@@H]3CCCCN3C(=O)C(=O)C(C)(C)COC(=O)C=CCCN(C)C(=O)[C@@H]3CCCN3C(=O)[C@H](COC(C)(C)C)N(C)C(=O)C(c3ccccc3)NC(=O)[C@H](C)N(C)C(=O)COc3cccc2c3)c(F)c1OC. The molecule has 2 bridgehead atoms. The molecule has 456 valence electrons. The summed E-state index contributed by atoms with van der Waals surface area (Å²) in [6.07, 6.45) is 3.78. The number of rotatable bonds is 8. The zero-order chi connectivity index (χ0) is 61.6. The van der Waals surface area contributed by atoms with Crippen LogP contribution < -0.4 is 19.5 Å². The van der Waals surface area contributed by atoms with E-state index in [4.69, 9.17) is 28.4 Å². The number of fused-ring (bicyclic) bond motifs is 4. The largest absolute Gasteiger partial charge is 0.493 e. The first-order valence-corrected chi connectivity index (χ1v) is 28.4. The average Bonchev–Trinajstić information content (AvgIpc) is 3.48. The number of hydrogen-bond acceptors (Lipinski definition) is 15. The maximum absolute atomic E-state index is 15.9. The van der Waals surface area contributed by atoms with E-state index in [2.05, 4.69) is 5.32 Å². The van der Waals surface area contributed by atoms with Gasteiger partial charge in [-0.3, -0.25) is 33.6 Å². The first kappa shape index (κ1) is 65.3. The molecule has 6 atom stereocenters. The molecule has 84 heavy (non-hydrogen) atoms. The lowest BCUT2D eigenvalue weighted by Crippen LogP contribution is -2.58. The third-order valence-corrected chi connectivity index (χ3v) is 15.4. The van der Waals surface area contributed by atoms with Crippen molar-refractivity contribution in [3.05, 3.63) is 101 Å². The number of carbonyl (C=O) groups excluding carboxylic acids is 9. The standard InChI is InChI=1S/C62H81FN6O15/c1-39-55(73)64-52(41-21-13-12-14-22-41)58(76)67(9)46(36-83-61(2,3)4)57(75)68-34-20-26-44(68)56(74)65(7)32-17-16-27-50(71)82-38-62(5,6)54(72)59(77)69-33-18-15-25-45(69)60(78)84-47(30-28-40-29-31-48(79-10)53(80-11)51(40)63)42-23-19-24-43(35-42)81-37-49(70)66(39)8/h12-14,16,19,21-24,27,29,31,35,39,44-47,52H,15,17-18,20,25-26,28,30,32-34,36-38H2,1-11H3,(H,64,73)/t39-,44-,45-,46-,47+,52?/m0/s1. The monoisotopic (exact) mass is 1170 g/mol. The highest BCUT2D eigenvalue weighted by atomic mass is 19.1. The van der Waals surface area contributed by atoms with E-state index in [1.165, 1.54) is 80.8 Å². The Bertz CT molecular complexity index is 2910. The highest BCUT2D eigenvalue weighted by Gasteiger charge is 2.45. The molecule has 22 heteroatoms. The van der Waals surface area contributed by atoms with Gasteiger partial charge >= 0.3 is 11.9 Å². The van der Waals surface area contributed by atoms with Crippen LogP contribution in [0.15, 0.2) is 78.9 Å². The fourth-order valence-corrected chi connectivity index (χ4v) is 10.1. The van der Waals surface area contributed by atoms with Gasteiger partial charge in [0, 0.05) is 46.9 Å². The number of piperidine rings is 1. The summed E-state index contributed by atoms with van der Waals surface area (Å²) in [4.78, 5) is 134. The molecule has 0 spiro atoms. The van der Waals surface area contributed by atoms with Crippen molar-refractivity contribution < 1.29 is 76.0 Å². The van der Waals surface area contributed by atoms with Gasteiger partial charge in [-0.25, -0.2) is 14.0 Å². The van der Waals surface area contributed by atoms with E-state index in [0.717, 1.165) is 11.0 Å². The highest BCUT2D eigenvalue weighted by Crippen LogP contribution is 2.35. The Morgan fingerprint density at radius 1 is 0.750 bits per heavy atom. The number of nitrogens with zero attached hydrogens (tertiary/aromatic N) is 5. The maximum atomic E-state index is 15.9. The Hall–Kier alpha value is -7.88. The van der Waals surface area contributed by atoms with Crippen LogP contribution in [0.1, 0.15) is 115 Å². The number of methoxy groups -OCH3 is 2. The summed E-state index contributed by atoms with van der Waals surface area (Å²) in [5.74, 6) is -6.90. The van der Waals surface area contributed by atoms with E-state index in [9.17, 15) is 43.2 Å². The van der Waals surface area contributed by atoms with Crippen LogP contribution in [0.5, 0.6) is 17.2 Å². The van der Waals surface area contributed by atoms with Crippen molar-refractivity contribution in [2.24, 2.45) is 5.41 Å². The summed E-state index contributed by atoms with van der Waals surface area (Å²) in [5, 5.41) is 2.81. The zero-order valence-corrected chi connectivity index (χ0v) is 50.1. The van der Waals surface area contributed by atoms with Gasteiger partial charge in [0.1, 0.15) is 48.7 Å². The van der Waals surface area contributed by atoms with E-state index >= 15 is 4.39 Å². The van der Waals surface area contributed by atoms with Crippen molar-refractivity contribution in [2.75, 3.05) is 74.8 Å². The Balaban J connectivity index is 1.33. The number of aryl methyl sites for hydroxylation is 1. The number of benzene rings is 3. The van der Waals surface area contributed by atoms with Gasteiger partial charge in [0.05, 0.1) is 31.8 Å². The fourth-order valence-electron chi connectivity index (χ4n) is 10.1. The van der Waals surface area contributed by atoms with Gasteiger partial charge in [-0.15, -0.1) is 0 Å². The van der Waals surface area contributed by atoms with Crippen molar-refractivity contribution >= 4 is 53.2 Å². The Labute approximate surface area is 491 Å². The quantitative estimate of drug-likeness (QED) is 0.210. The van der Waals surface area contributed by atoms with E-state index in [1.54, 1.807) is 88.5 Å². The summed E-state index contributed by atoms with van der Waals surface area (Å²) >= 11 is 0. The lowest BCUT2D eigenvalue weighted by molar-refractivity contribution is -0.165. The number of likely N-dealkylation sites (N-methyl/N-ethyl adjacent to an activating group) is 3. The fraction of sp³-hybridized carbons (Fsp3) is 0.532. The second kappa shape index (κ2) is 29.1. The van der Waals surface area contributed by atoms with Gasteiger partial charge in [0.15, 0.2) is 23.9 Å². The maximum Gasteiger partial charge on any atom is 0.330 e. The number of nitrogens with one attached hydrogen (secondary N) is 1. The molecule has 0 saturated carbocycles. The summed E-state index contributed by atoms with van der Waals surface area (Å²) in [6.45, 7) is 8.88. The normalized spacial score (nSPS) is 23.7. The molecule has 3 aromatic rings. The van der Waals surface area contributed by atoms with Crippen molar-refractivity contribution in [1.82, 2.24) is 29.8 Å². The summed E-state index contributed by atoms with van der Waals surface area (Å²) < 4.78 is 50.3. The first-order chi connectivity index (χ1) is 39.8. The second-order valence-electron chi connectivity index (χ2n) is 23.0. The smallest absolute Gasteiger partial charge is 0.330 e. The highest BCUT2D eigenvalue weighted by molar-refractivity contribution is 6.38. The second-order valence-corrected chi connectivity index (χ2v) is 23.0. The summed E-state index contributed by atoms with van der Waals surface area (Å²) in [5.41, 5.74) is -1.30. The molecular weight excluding hydrogens is 1090 g/mol. The molecule has 21 nitrogen and oxygen atoms in total. The van der Waals surface area contributed by atoms with Crippen molar-refractivity contribution in [3.63, 3.8) is 0 Å². The van der Waals surface area contributed by atoms with E-state index in [1.807, 2.05) is 0 Å². The van der Waals surface area contributed by atoms with Gasteiger partial charge in [-0.05, 0) is 128 Å². The number of esters is 2. The van der Waals surface area contributed by atoms with Crippen LogP contribution in [0, 0.1) is 11.2 Å². The third kappa shape index (κ3) is 16.5. The van der Waals surface area contributed by atoms with Gasteiger partial charge in [0.2, 0.25) is 29.4 Å². The molecule has 2 saturated heterocycles. The molecule has 6 rings (SSSR count). The molecule has 0 radical (unpaired) electrons. The van der Waals surface area contributed by atoms with Gasteiger partial charge in [-0.2, -0.15) is 0 Å². The molecule has 0 aliphatic carbocycles. The molecule has 6 amide bonds. The number of cyclic esters (lactones) is 2.